The van der Waals surface area contributed by atoms with Crippen LogP contribution in [0.4, 0.5) is 0 Å². The summed E-state index contributed by atoms with van der Waals surface area (Å²) in [6.45, 7) is 3.54. The van der Waals surface area contributed by atoms with Crippen molar-refractivity contribution in [1.82, 2.24) is 9.47 Å². The summed E-state index contributed by atoms with van der Waals surface area (Å²) in [5, 5.41) is 0. The van der Waals surface area contributed by atoms with Gasteiger partial charge in [-0.2, -0.15) is 0 Å². The van der Waals surface area contributed by atoms with Gasteiger partial charge in [-0.15, -0.1) is 11.3 Å². The lowest BCUT2D eigenvalue weighted by atomic mass is 10.1. The Bertz CT molecular complexity index is 707. The summed E-state index contributed by atoms with van der Waals surface area (Å²) < 4.78 is 2.77. The molecule has 22 heavy (non-hydrogen) atoms. The van der Waals surface area contributed by atoms with Crippen molar-refractivity contribution in [1.29, 1.82) is 0 Å². The van der Waals surface area contributed by atoms with Crippen LogP contribution in [0, 0.1) is 0 Å². The van der Waals surface area contributed by atoms with Gasteiger partial charge < -0.3 is 9.47 Å². The Morgan fingerprint density at radius 2 is 2.09 bits per heavy atom. The molecule has 1 atom stereocenters. The Labute approximate surface area is 138 Å². The lowest BCUT2D eigenvalue weighted by Gasteiger charge is -2.35. The maximum absolute atomic E-state index is 12.4. The van der Waals surface area contributed by atoms with E-state index in [0.717, 1.165) is 12.2 Å². The molecule has 1 aliphatic heterocycles. The summed E-state index contributed by atoms with van der Waals surface area (Å²) in [5.41, 5.74) is 1.15. The number of halogens is 1. The normalized spacial score (nSPS) is 17.4. The van der Waals surface area contributed by atoms with E-state index in [2.05, 4.69) is 4.57 Å². The van der Waals surface area contributed by atoms with Crippen molar-refractivity contribution < 1.29 is 9.59 Å². The van der Waals surface area contributed by atoms with E-state index in [1.165, 1.54) is 11.3 Å². The third-order valence-electron chi connectivity index (χ3n) is 4.08. The molecule has 0 N–H and O–H groups in total. The van der Waals surface area contributed by atoms with E-state index in [4.69, 9.17) is 11.6 Å². The number of Topliss-reactive ketones (excluding diaryl/α,β-unsaturated/α-hetero) is 1. The van der Waals surface area contributed by atoms with Gasteiger partial charge >= 0.3 is 0 Å². The molecule has 4 nitrogen and oxygen atoms in total. The van der Waals surface area contributed by atoms with Crippen LogP contribution in [0.2, 0.25) is 4.34 Å². The Morgan fingerprint density at radius 3 is 2.82 bits per heavy atom. The molecular formula is C16H17ClN2O2S. The first-order valence-electron chi connectivity index (χ1n) is 7.29. The fraction of sp³-hybridized carbons (Fsp3) is 0.375. The van der Waals surface area contributed by atoms with Crippen molar-refractivity contribution in [3.63, 3.8) is 0 Å². The largest absolute Gasteiger partial charge is 0.348 e. The maximum atomic E-state index is 12.4. The SMILES string of the molecule is CC1c2cccn2CCN1C(=O)CCC(=O)c1ccc(Cl)s1. The van der Waals surface area contributed by atoms with Crippen LogP contribution in [0.15, 0.2) is 30.5 Å². The maximum Gasteiger partial charge on any atom is 0.223 e. The number of ketones is 1. The average molecular weight is 337 g/mol. The minimum Gasteiger partial charge on any atom is -0.348 e. The van der Waals surface area contributed by atoms with Gasteiger partial charge in [-0.3, -0.25) is 9.59 Å². The summed E-state index contributed by atoms with van der Waals surface area (Å²) in [7, 11) is 0. The number of carbonyl (C=O) groups is 2. The van der Waals surface area contributed by atoms with Gasteiger partial charge in [0.15, 0.2) is 5.78 Å². The van der Waals surface area contributed by atoms with Crippen LogP contribution < -0.4 is 0 Å². The molecule has 0 saturated carbocycles. The van der Waals surface area contributed by atoms with Crippen LogP contribution in [0.3, 0.4) is 0 Å². The van der Waals surface area contributed by atoms with E-state index in [1.807, 2.05) is 30.2 Å². The molecule has 0 aliphatic carbocycles. The van der Waals surface area contributed by atoms with Gasteiger partial charge in [0.1, 0.15) is 0 Å². The van der Waals surface area contributed by atoms with Crippen molar-refractivity contribution >= 4 is 34.6 Å². The van der Waals surface area contributed by atoms with E-state index < -0.39 is 0 Å². The molecule has 6 heteroatoms. The summed E-state index contributed by atoms with van der Waals surface area (Å²) in [5.74, 6) is 0.0224. The Morgan fingerprint density at radius 1 is 1.27 bits per heavy atom. The smallest absolute Gasteiger partial charge is 0.223 e. The molecule has 0 aromatic carbocycles. The Hall–Kier alpha value is -1.59. The number of fused-ring (bicyclic) bond motifs is 1. The van der Waals surface area contributed by atoms with E-state index >= 15 is 0 Å². The number of hydrogen-bond acceptors (Lipinski definition) is 3. The molecule has 0 saturated heterocycles. The number of aromatic nitrogens is 1. The zero-order valence-corrected chi connectivity index (χ0v) is 13.9. The number of thiophene rings is 1. The Balaban J connectivity index is 1.60. The second kappa shape index (κ2) is 6.26. The molecule has 0 spiro atoms. The highest BCUT2D eigenvalue weighted by Crippen LogP contribution is 2.27. The zero-order chi connectivity index (χ0) is 15.7. The minimum atomic E-state index is -0.0155. The Kier molecular flexibility index (Phi) is 4.36. The van der Waals surface area contributed by atoms with Crippen molar-refractivity contribution in [2.75, 3.05) is 6.54 Å². The molecule has 1 amide bonds. The van der Waals surface area contributed by atoms with Crippen molar-refractivity contribution in [3.05, 3.63) is 45.4 Å². The molecule has 2 aromatic heterocycles. The van der Waals surface area contributed by atoms with E-state index in [9.17, 15) is 9.59 Å². The predicted molar refractivity (Wildman–Crippen MR) is 87.5 cm³/mol. The summed E-state index contributed by atoms with van der Waals surface area (Å²) >= 11 is 7.10. The van der Waals surface area contributed by atoms with Crippen LogP contribution in [-0.2, 0) is 11.3 Å². The highest BCUT2D eigenvalue weighted by atomic mass is 35.5. The number of rotatable bonds is 4. The second-order valence-electron chi connectivity index (χ2n) is 5.42. The first kappa shape index (κ1) is 15.3. The zero-order valence-electron chi connectivity index (χ0n) is 12.3. The predicted octanol–water partition coefficient (Wildman–Crippen LogP) is 3.77. The third kappa shape index (κ3) is 2.96. The average Bonchev–Trinajstić information content (AvgIpc) is 3.14. The molecule has 0 radical (unpaired) electrons. The first-order chi connectivity index (χ1) is 10.6. The van der Waals surface area contributed by atoms with Crippen molar-refractivity contribution in [3.8, 4) is 0 Å². The summed E-state index contributed by atoms with van der Waals surface area (Å²) in [6, 6.07) is 7.54. The topological polar surface area (TPSA) is 42.3 Å². The van der Waals surface area contributed by atoms with Gasteiger partial charge in [-0.1, -0.05) is 11.6 Å². The third-order valence-corrected chi connectivity index (χ3v) is 5.35. The van der Waals surface area contributed by atoms with Crippen LogP contribution in [-0.4, -0.2) is 27.7 Å². The van der Waals surface area contributed by atoms with Crippen molar-refractivity contribution in [2.45, 2.75) is 32.4 Å². The monoisotopic (exact) mass is 336 g/mol. The lowest BCUT2D eigenvalue weighted by molar-refractivity contribution is -0.134. The quantitative estimate of drug-likeness (QED) is 0.797. The van der Waals surface area contributed by atoms with Gasteiger partial charge in [0.05, 0.1) is 15.3 Å². The highest BCUT2D eigenvalue weighted by molar-refractivity contribution is 7.18. The molecule has 0 fully saturated rings. The molecule has 3 heterocycles. The molecular weight excluding hydrogens is 320 g/mol. The molecule has 2 aromatic rings. The van der Waals surface area contributed by atoms with E-state index in [0.29, 0.717) is 15.8 Å². The van der Waals surface area contributed by atoms with Crippen LogP contribution in [0.5, 0.6) is 0 Å². The fourth-order valence-corrected chi connectivity index (χ4v) is 3.88. The summed E-state index contributed by atoms with van der Waals surface area (Å²) in [6.07, 6.45) is 2.52. The van der Waals surface area contributed by atoms with Crippen LogP contribution >= 0.6 is 22.9 Å². The molecule has 1 unspecified atom stereocenters. The molecule has 3 rings (SSSR count). The minimum absolute atomic E-state index is 0.0155. The van der Waals surface area contributed by atoms with E-state index in [1.54, 1.807) is 12.1 Å². The number of nitrogens with zero attached hydrogens (tertiary/aromatic N) is 2. The van der Waals surface area contributed by atoms with Gasteiger partial charge in [-0.25, -0.2) is 0 Å². The standard InChI is InChI=1S/C16H17ClN2O2S/c1-11-12-3-2-8-18(12)9-10-19(11)16(21)7-4-13(20)14-5-6-15(17)22-14/h2-3,5-6,8,11H,4,7,9-10H2,1H3. The van der Waals surface area contributed by atoms with Gasteiger partial charge in [-0.05, 0) is 31.2 Å². The first-order valence-corrected chi connectivity index (χ1v) is 8.49. The number of hydrogen-bond donors (Lipinski definition) is 0. The molecule has 1 aliphatic rings. The highest BCUT2D eigenvalue weighted by Gasteiger charge is 2.27. The number of carbonyl (C=O) groups excluding carboxylic acids is 2. The van der Waals surface area contributed by atoms with Gasteiger partial charge in [0, 0.05) is 37.8 Å². The second-order valence-corrected chi connectivity index (χ2v) is 7.13. The lowest BCUT2D eigenvalue weighted by Crippen LogP contribution is -2.40. The molecule has 116 valence electrons. The van der Waals surface area contributed by atoms with Crippen molar-refractivity contribution in [2.24, 2.45) is 0 Å². The van der Waals surface area contributed by atoms with Gasteiger partial charge in [0.2, 0.25) is 5.91 Å². The van der Waals surface area contributed by atoms with Crippen LogP contribution in [0.25, 0.3) is 0 Å². The van der Waals surface area contributed by atoms with Crippen LogP contribution in [0.1, 0.15) is 41.2 Å². The number of amides is 1. The fourth-order valence-electron chi connectivity index (χ4n) is 2.87. The van der Waals surface area contributed by atoms with E-state index in [-0.39, 0.29) is 30.6 Å². The summed E-state index contributed by atoms with van der Waals surface area (Å²) in [4.78, 5) is 27.0. The van der Waals surface area contributed by atoms with Gasteiger partial charge in [0.25, 0.3) is 0 Å². The molecule has 0 bridgehead atoms.